The Morgan fingerprint density at radius 3 is 2.26 bits per heavy atom. The van der Waals surface area contributed by atoms with Crippen LogP contribution in [0.15, 0.2) is 18.7 Å². The zero-order valence-electron chi connectivity index (χ0n) is 21.0. The minimum atomic E-state index is -4.02. The molecule has 0 radical (unpaired) electrons. The SMILES string of the molecule is COc1ncnc(OC)c1-n1c(CS(=O)(=O)[C@@H](C)[C@H](OC)c2ncc(Cl)cn2)nnc1[C@H]1CCC(F)(F)C1. The van der Waals surface area contributed by atoms with E-state index < -0.39 is 45.2 Å². The first-order valence-corrected chi connectivity index (χ1v) is 13.6. The monoisotopic (exact) mass is 573 g/mol. The molecule has 0 unspecified atom stereocenters. The second kappa shape index (κ2) is 11.0. The molecule has 206 valence electrons. The number of ether oxygens (including phenoxy) is 3. The Morgan fingerprint density at radius 2 is 1.74 bits per heavy atom. The standard InChI is InChI=1S/C22H26ClF2N7O5S/c1-12(17(35-2)18-26-8-14(23)9-27-18)38(33,34)10-15-30-31-19(13-5-6-22(24,25)7-13)32(15)16-20(36-3)28-11-29-21(16)37-4/h8-9,11-13,17H,5-7,10H2,1-4H3/t12-,13-,17-/m0/s1. The molecule has 3 aromatic rings. The van der Waals surface area contributed by atoms with Crippen molar-refractivity contribution < 1.29 is 31.4 Å². The number of halogens is 3. The quantitative estimate of drug-likeness (QED) is 0.353. The van der Waals surface area contributed by atoms with Gasteiger partial charge in [-0.25, -0.2) is 27.2 Å². The number of aromatic nitrogens is 7. The number of sulfone groups is 1. The lowest BCUT2D eigenvalue weighted by atomic mass is 10.1. The highest BCUT2D eigenvalue weighted by Crippen LogP contribution is 2.45. The molecule has 0 bridgehead atoms. The van der Waals surface area contributed by atoms with Crippen LogP contribution in [0, 0.1) is 0 Å². The van der Waals surface area contributed by atoms with Crippen LogP contribution in [0.2, 0.25) is 5.02 Å². The van der Waals surface area contributed by atoms with E-state index in [1.807, 2.05) is 0 Å². The van der Waals surface area contributed by atoms with Gasteiger partial charge < -0.3 is 14.2 Å². The Balaban J connectivity index is 1.79. The number of rotatable bonds is 10. The molecule has 3 heterocycles. The van der Waals surface area contributed by atoms with Gasteiger partial charge in [0, 0.05) is 38.3 Å². The van der Waals surface area contributed by atoms with Gasteiger partial charge in [0.15, 0.2) is 27.2 Å². The number of methoxy groups -OCH3 is 3. The lowest BCUT2D eigenvalue weighted by Gasteiger charge is -2.22. The molecule has 0 N–H and O–H groups in total. The maximum absolute atomic E-state index is 14.1. The van der Waals surface area contributed by atoms with Gasteiger partial charge in [-0.2, -0.15) is 9.97 Å². The Hall–Kier alpha value is -3.04. The molecule has 0 aromatic carbocycles. The van der Waals surface area contributed by atoms with E-state index in [2.05, 4.69) is 30.1 Å². The molecule has 1 aliphatic carbocycles. The number of hydrogen-bond acceptors (Lipinski definition) is 11. The van der Waals surface area contributed by atoms with E-state index >= 15 is 0 Å². The van der Waals surface area contributed by atoms with Gasteiger partial charge in [-0.15, -0.1) is 10.2 Å². The van der Waals surface area contributed by atoms with Crippen LogP contribution in [0.5, 0.6) is 11.8 Å². The molecular formula is C22H26ClF2N7O5S. The third-order valence-electron chi connectivity index (χ3n) is 6.36. The topological polar surface area (TPSA) is 144 Å². The molecule has 1 saturated carbocycles. The number of alkyl halides is 2. The molecule has 0 aliphatic heterocycles. The highest BCUT2D eigenvalue weighted by Gasteiger charge is 2.43. The molecule has 16 heteroatoms. The lowest BCUT2D eigenvalue weighted by molar-refractivity contribution is 0.00749. The highest BCUT2D eigenvalue weighted by molar-refractivity contribution is 7.91. The van der Waals surface area contributed by atoms with Crippen molar-refractivity contribution in [3.8, 4) is 17.4 Å². The molecular weight excluding hydrogens is 548 g/mol. The average molecular weight is 574 g/mol. The van der Waals surface area contributed by atoms with Crippen molar-refractivity contribution in [1.29, 1.82) is 0 Å². The Kier molecular flexibility index (Phi) is 8.09. The summed E-state index contributed by atoms with van der Waals surface area (Å²) in [7, 11) is 0.0303. The Bertz CT molecular complexity index is 1370. The van der Waals surface area contributed by atoms with Crippen LogP contribution >= 0.6 is 11.6 Å². The predicted molar refractivity (Wildman–Crippen MR) is 130 cm³/mol. The maximum atomic E-state index is 14.1. The normalized spacial score (nSPS) is 18.8. The fourth-order valence-electron chi connectivity index (χ4n) is 4.42. The van der Waals surface area contributed by atoms with E-state index in [9.17, 15) is 17.2 Å². The molecule has 0 spiro atoms. The van der Waals surface area contributed by atoms with E-state index in [1.54, 1.807) is 0 Å². The Labute approximate surface area is 222 Å². The summed E-state index contributed by atoms with van der Waals surface area (Å²) in [6.45, 7) is 1.45. The molecule has 0 amide bonds. The largest absolute Gasteiger partial charge is 0.479 e. The van der Waals surface area contributed by atoms with E-state index in [0.717, 1.165) is 0 Å². The van der Waals surface area contributed by atoms with Gasteiger partial charge in [-0.05, 0) is 13.3 Å². The molecule has 1 fully saturated rings. The van der Waals surface area contributed by atoms with E-state index in [-0.39, 0.29) is 52.8 Å². The number of hydrogen-bond donors (Lipinski definition) is 0. The van der Waals surface area contributed by atoms with Crippen molar-refractivity contribution in [2.24, 2.45) is 0 Å². The van der Waals surface area contributed by atoms with Gasteiger partial charge >= 0.3 is 0 Å². The summed E-state index contributed by atoms with van der Waals surface area (Å²) in [5, 5.41) is 7.40. The van der Waals surface area contributed by atoms with Crippen molar-refractivity contribution in [3.05, 3.63) is 41.2 Å². The zero-order valence-corrected chi connectivity index (χ0v) is 22.6. The molecule has 0 saturated heterocycles. The summed E-state index contributed by atoms with van der Waals surface area (Å²) in [5.74, 6) is -3.95. The summed E-state index contributed by atoms with van der Waals surface area (Å²) in [4.78, 5) is 16.3. The van der Waals surface area contributed by atoms with Crippen LogP contribution in [-0.2, 0) is 20.3 Å². The number of nitrogens with zero attached hydrogens (tertiary/aromatic N) is 7. The van der Waals surface area contributed by atoms with Crippen LogP contribution in [0.3, 0.4) is 0 Å². The summed E-state index contributed by atoms with van der Waals surface area (Å²) in [6.07, 6.45) is 2.19. The first kappa shape index (κ1) is 28.0. The lowest BCUT2D eigenvalue weighted by Crippen LogP contribution is -2.30. The fraction of sp³-hybridized carbons (Fsp3) is 0.545. The van der Waals surface area contributed by atoms with Gasteiger partial charge in [-0.3, -0.25) is 4.57 Å². The average Bonchev–Trinajstić information content (AvgIpc) is 3.46. The summed E-state index contributed by atoms with van der Waals surface area (Å²) >= 11 is 5.86. The molecule has 1 aliphatic rings. The van der Waals surface area contributed by atoms with Crippen LogP contribution in [0.1, 0.15) is 55.7 Å². The zero-order chi connectivity index (χ0) is 27.7. The maximum Gasteiger partial charge on any atom is 0.248 e. The van der Waals surface area contributed by atoms with Gasteiger partial charge in [0.05, 0.1) is 24.5 Å². The first-order chi connectivity index (χ1) is 18.0. The second-order valence-corrected chi connectivity index (χ2v) is 11.6. The van der Waals surface area contributed by atoms with E-state index in [0.29, 0.717) is 0 Å². The summed E-state index contributed by atoms with van der Waals surface area (Å²) < 4.78 is 73.0. The van der Waals surface area contributed by atoms with Crippen LogP contribution in [-0.4, -0.2) is 75.6 Å². The predicted octanol–water partition coefficient (Wildman–Crippen LogP) is 3.11. The van der Waals surface area contributed by atoms with Gasteiger partial charge in [0.25, 0.3) is 0 Å². The second-order valence-electron chi connectivity index (χ2n) is 8.77. The minimum Gasteiger partial charge on any atom is -0.479 e. The van der Waals surface area contributed by atoms with E-state index in [4.69, 9.17) is 25.8 Å². The smallest absolute Gasteiger partial charge is 0.248 e. The van der Waals surface area contributed by atoms with Gasteiger partial charge in [-0.1, -0.05) is 11.6 Å². The van der Waals surface area contributed by atoms with Crippen LogP contribution in [0.4, 0.5) is 8.78 Å². The third-order valence-corrected chi connectivity index (χ3v) is 8.60. The Morgan fingerprint density at radius 1 is 1.11 bits per heavy atom. The van der Waals surface area contributed by atoms with Crippen molar-refractivity contribution in [1.82, 2.24) is 34.7 Å². The summed E-state index contributed by atoms with van der Waals surface area (Å²) in [5.41, 5.74) is 0.106. The van der Waals surface area contributed by atoms with Crippen LogP contribution in [0.25, 0.3) is 5.69 Å². The summed E-state index contributed by atoms with van der Waals surface area (Å²) in [6, 6.07) is 0. The van der Waals surface area contributed by atoms with Gasteiger partial charge in [0.2, 0.25) is 17.7 Å². The van der Waals surface area contributed by atoms with Crippen molar-refractivity contribution in [3.63, 3.8) is 0 Å². The van der Waals surface area contributed by atoms with Crippen molar-refractivity contribution in [2.45, 2.75) is 55.1 Å². The molecule has 38 heavy (non-hydrogen) atoms. The first-order valence-electron chi connectivity index (χ1n) is 11.5. The van der Waals surface area contributed by atoms with E-state index in [1.165, 1.54) is 51.5 Å². The highest BCUT2D eigenvalue weighted by atomic mass is 35.5. The molecule has 3 aromatic heterocycles. The molecule has 3 atom stereocenters. The molecule has 4 rings (SSSR count). The minimum absolute atomic E-state index is 0.0266. The third kappa shape index (κ3) is 5.54. The van der Waals surface area contributed by atoms with Crippen molar-refractivity contribution in [2.75, 3.05) is 21.3 Å². The van der Waals surface area contributed by atoms with Crippen molar-refractivity contribution >= 4 is 21.4 Å². The van der Waals surface area contributed by atoms with Gasteiger partial charge in [0.1, 0.15) is 24.0 Å². The van der Waals surface area contributed by atoms with Crippen LogP contribution < -0.4 is 9.47 Å². The molecule has 12 nitrogen and oxygen atoms in total. The fourth-order valence-corrected chi connectivity index (χ4v) is 5.93.